The van der Waals surface area contributed by atoms with Crippen LogP contribution in [0.25, 0.3) is 4.91 Å². The summed E-state index contributed by atoms with van der Waals surface area (Å²) in [5.74, 6) is 0.784. The lowest BCUT2D eigenvalue weighted by Gasteiger charge is -2.16. The molecule has 0 aliphatic carbocycles. The minimum atomic E-state index is -2.91. The summed E-state index contributed by atoms with van der Waals surface area (Å²) < 4.78 is 30.8. The number of carbonyl (C=O) groups is 1. The van der Waals surface area contributed by atoms with Gasteiger partial charge in [-0.25, -0.2) is 0 Å². The molecular weight excluding hydrogens is 414 g/mol. The van der Waals surface area contributed by atoms with Gasteiger partial charge in [0, 0.05) is 10.5 Å². The zero-order chi connectivity index (χ0) is 23.4. The van der Waals surface area contributed by atoms with E-state index in [4.69, 9.17) is 4.74 Å². The van der Waals surface area contributed by atoms with Crippen LogP contribution in [0.2, 0.25) is 0 Å². The summed E-state index contributed by atoms with van der Waals surface area (Å²) in [5, 5.41) is 0. The summed E-state index contributed by atoms with van der Waals surface area (Å²) in [4.78, 5) is 12.8. The fraction of sp³-hybridized carbons (Fsp3) is 0.500. The number of thioether (sulfide) groups is 1. The van der Waals surface area contributed by atoms with E-state index in [1.54, 1.807) is 6.07 Å². The first-order valence-electron chi connectivity index (χ1n) is 10.9. The van der Waals surface area contributed by atoms with E-state index in [-0.39, 0.29) is 5.75 Å². The Morgan fingerprint density at radius 3 is 2.45 bits per heavy atom. The molecule has 0 saturated heterocycles. The maximum absolute atomic E-state index is 13.0. The molecule has 2 nitrogen and oxygen atoms in total. The van der Waals surface area contributed by atoms with Crippen LogP contribution < -0.4 is 4.74 Å². The second-order valence-corrected chi connectivity index (χ2v) is 9.29. The molecule has 0 heterocycles. The first-order chi connectivity index (χ1) is 14.7. The number of carbonyl (C=O) groups excluding carboxylic acids is 1. The fourth-order valence-corrected chi connectivity index (χ4v) is 4.05. The highest BCUT2D eigenvalue weighted by Gasteiger charge is 2.16. The molecule has 31 heavy (non-hydrogen) atoms. The smallest absolute Gasteiger partial charge is 0.387 e. The van der Waals surface area contributed by atoms with E-state index < -0.39 is 6.61 Å². The second-order valence-electron chi connectivity index (χ2n) is 8.21. The van der Waals surface area contributed by atoms with E-state index >= 15 is 0 Å². The van der Waals surface area contributed by atoms with Gasteiger partial charge in [-0.3, -0.25) is 4.79 Å². The number of hydrogen-bond donors (Lipinski definition) is 0. The van der Waals surface area contributed by atoms with Gasteiger partial charge in [-0.1, -0.05) is 68.3 Å². The lowest BCUT2D eigenvalue weighted by atomic mass is 9.97. The Balaban J connectivity index is 3.30. The number of hydrogen-bond acceptors (Lipinski definition) is 3. The van der Waals surface area contributed by atoms with Gasteiger partial charge in [-0.2, -0.15) is 8.78 Å². The summed E-state index contributed by atoms with van der Waals surface area (Å²) >= 11 is 1.28. The van der Waals surface area contributed by atoms with E-state index in [9.17, 15) is 13.6 Å². The molecule has 0 radical (unpaired) electrons. The van der Waals surface area contributed by atoms with Crippen LogP contribution in [0.5, 0.6) is 5.75 Å². The highest BCUT2D eigenvalue weighted by molar-refractivity contribution is 8.12. The standard InChI is InChI=1S/C26H36F2O2S/c1-7-10-20(12-9-11-18(3)4)15-21-13-14-23(30-26(27)28)22(16-21)24(8-2)31-25(17-29)19(5)6/h8,12-14,16-18,26H,7,9-11,15H2,1-6H3/b20-12?,24-8-. The number of halogens is 2. The van der Waals surface area contributed by atoms with Crippen LogP contribution in [-0.2, 0) is 11.2 Å². The average molecular weight is 451 g/mol. The maximum Gasteiger partial charge on any atom is 0.387 e. The Bertz CT molecular complexity index is 804. The van der Waals surface area contributed by atoms with Gasteiger partial charge in [0.2, 0.25) is 0 Å². The molecule has 0 fully saturated rings. The van der Waals surface area contributed by atoms with Crippen molar-refractivity contribution >= 4 is 23.0 Å². The van der Waals surface area contributed by atoms with Gasteiger partial charge in [0.05, 0.1) is 4.91 Å². The Morgan fingerprint density at radius 2 is 1.94 bits per heavy atom. The molecule has 1 aromatic rings. The van der Waals surface area contributed by atoms with E-state index in [1.807, 2.05) is 39.0 Å². The molecule has 0 bridgehead atoms. The summed E-state index contributed by atoms with van der Waals surface area (Å²) in [6, 6.07) is 5.38. The molecule has 0 spiro atoms. The summed E-state index contributed by atoms with van der Waals surface area (Å²) in [5.41, 5.74) is 3.88. The quantitative estimate of drug-likeness (QED) is 0.171. The highest BCUT2D eigenvalue weighted by atomic mass is 32.2. The van der Waals surface area contributed by atoms with Crippen LogP contribution in [0, 0.1) is 5.92 Å². The van der Waals surface area contributed by atoms with Crippen molar-refractivity contribution in [1.82, 2.24) is 0 Å². The van der Waals surface area contributed by atoms with E-state index in [1.165, 1.54) is 17.3 Å². The number of aldehydes is 1. The van der Waals surface area contributed by atoms with Crippen molar-refractivity contribution in [3.05, 3.63) is 57.5 Å². The van der Waals surface area contributed by atoms with Gasteiger partial charge in [0.1, 0.15) is 5.75 Å². The normalized spacial score (nSPS) is 12.5. The summed E-state index contributed by atoms with van der Waals surface area (Å²) in [7, 11) is 0. The zero-order valence-corrected chi connectivity index (χ0v) is 20.5. The van der Waals surface area contributed by atoms with E-state index in [0.29, 0.717) is 16.4 Å². The number of benzene rings is 1. The van der Waals surface area contributed by atoms with Crippen molar-refractivity contribution in [2.75, 3.05) is 0 Å². The molecule has 0 amide bonds. The fourth-order valence-electron chi connectivity index (χ4n) is 3.18. The molecule has 172 valence electrons. The molecule has 0 aliphatic heterocycles. The van der Waals surface area contributed by atoms with E-state index in [2.05, 4.69) is 26.8 Å². The number of allylic oxidation sites excluding steroid dienone is 5. The monoisotopic (exact) mass is 450 g/mol. The van der Waals surface area contributed by atoms with Crippen molar-refractivity contribution in [2.45, 2.75) is 80.3 Å². The third-order valence-electron chi connectivity index (χ3n) is 4.79. The van der Waals surface area contributed by atoms with Crippen molar-refractivity contribution in [2.24, 2.45) is 5.92 Å². The van der Waals surface area contributed by atoms with Gasteiger partial charge in [-0.15, -0.1) is 0 Å². The Morgan fingerprint density at radius 1 is 1.23 bits per heavy atom. The van der Waals surface area contributed by atoms with Gasteiger partial charge in [-0.05, 0) is 70.1 Å². The van der Waals surface area contributed by atoms with Crippen molar-refractivity contribution in [1.29, 1.82) is 0 Å². The predicted molar refractivity (Wildman–Crippen MR) is 130 cm³/mol. The van der Waals surface area contributed by atoms with Gasteiger partial charge in [0.25, 0.3) is 0 Å². The molecule has 0 aromatic heterocycles. The number of rotatable bonds is 13. The maximum atomic E-state index is 13.0. The number of alkyl halides is 2. The van der Waals surface area contributed by atoms with Gasteiger partial charge >= 0.3 is 6.61 Å². The molecule has 0 N–H and O–H groups in total. The van der Waals surface area contributed by atoms with Crippen LogP contribution in [0.15, 0.2) is 46.4 Å². The minimum absolute atomic E-state index is 0.124. The SMILES string of the molecule is C/C=C(\SC(C=O)=C(C)C)c1cc(CC(=CCCC(C)C)CCC)ccc1OC(F)F. The van der Waals surface area contributed by atoms with Gasteiger partial charge in [0.15, 0.2) is 6.29 Å². The molecule has 5 heteroatoms. The molecule has 1 aromatic carbocycles. The Labute approximate surface area is 190 Å². The largest absolute Gasteiger partial charge is 0.434 e. The van der Waals surface area contributed by atoms with Crippen molar-refractivity contribution in [3.63, 3.8) is 0 Å². The van der Waals surface area contributed by atoms with Crippen LogP contribution in [0.3, 0.4) is 0 Å². The lowest BCUT2D eigenvalue weighted by molar-refractivity contribution is -0.104. The van der Waals surface area contributed by atoms with Gasteiger partial charge < -0.3 is 4.74 Å². The second kappa shape index (κ2) is 14.2. The third kappa shape index (κ3) is 9.86. The predicted octanol–water partition coefficient (Wildman–Crippen LogP) is 8.58. The molecule has 0 atom stereocenters. The van der Waals surface area contributed by atoms with Crippen molar-refractivity contribution in [3.8, 4) is 5.75 Å². The molecule has 0 aliphatic rings. The highest BCUT2D eigenvalue weighted by Crippen LogP contribution is 2.40. The minimum Gasteiger partial charge on any atom is -0.434 e. The Hall–Kier alpha value is -1.88. The first kappa shape index (κ1) is 27.2. The zero-order valence-electron chi connectivity index (χ0n) is 19.6. The third-order valence-corrected chi connectivity index (χ3v) is 6.19. The first-order valence-corrected chi connectivity index (χ1v) is 11.8. The van der Waals surface area contributed by atoms with Crippen LogP contribution in [0.1, 0.15) is 78.4 Å². The molecule has 1 rings (SSSR count). The summed E-state index contributed by atoms with van der Waals surface area (Å²) in [6.45, 7) is 9.24. The molecule has 0 unspecified atom stereocenters. The molecular formula is C26H36F2O2S. The molecule has 0 saturated carbocycles. The average Bonchev–Trinajstić information content (AvgIpc) is 2.69. The summed E-state index contributed by atoms with van der Waals surface area (Å²) in [6.07, 6.45) is 10.0. The number of ether oxygens (including phenoxy) is 1. The topological polar surface area (TPSA) is 26.3 Å². The Kier molecular flexibility index (Phi) is 12.5. The van der Waals surface area contributed by atoms with Crippen LogP contribution in [0.4, 0.5) is 8.78 Å². The lowest BCUT2D eigenvalue weighted by Crippen LogP contribution is -2.05. The van der Waals surface area contributed by atoms with Crippen LogP contribution in [-0.4, -0.2) is 12.9 Å². The van der Waals surface area contributed by atoms with E-state index in [0.717, 1.165) is 54.4 Å². The van der Waals surface area contributed by atoms with Crippen molar-refractivity contribution < 1.29 is 18.3 Å². The van der Waals surface area contributed by atoms with Crippen LogP contribution >= 0.6 is 11.8 Å².